The van der Waals surface area contributed by atoms with Crippen molar-refractivity contribution in [2.45, 2.75) is 38.1 Å². The molecule has 0 bridgehead atoms. The zero-order valence-electron chi connectivity index (χ0n) is 9.75. The summed E-state index contributed by atoms with van der Waals surface area (Å²) >= 11 is 0. The first-order valence-electron chi connectivity index (χ1n) is 5.47. The summed E-state index contributed by atoms with van der Waals surface area (Å²) < 4.78 is 0. The molecule has 0 unspecified atom stereocenters. The summed E-state index contributed by atoms with van der Waals surface area (Å²) in [5, 5.41) is 3.10. The van der Waals surface area contributed by atoms with Gasteiger partial charge in [-0.05, 0) is 38.6 Å². The highest BCUT2D eigenvalue weighted by atomic mass is 16.2. The zero-order chi connectivity index (χ0) is 11.5. The normalized spacial score (nSPS) is 31.0. The molecule has 2 amide bonds. The van der Waals surface area contributed by atoms with Crippen molar-refractivity contribution in [2.24, 2.45) is 5.92 Å². The van der Waals surface area contributed by atoms with Gasteiger partial charge in [0.05, 0.1) is 5.54 Å². The van der Waals surface area contributed by atoms with Crippen molar-refractivity contribution in [3.63, 3.8) is 0 Å². The maximum atomic E-state index is 12.0. The van der Waals surface area contributed by atoms with Crippen LogP contribution in [-0.2, 0) is 9.59 Å². The van der Waals surface area contributed by atoms with Gasteiger partial charge in [0.2, 0.25) is 12.3 Å². The molecule has 1 aliphatic carbocycles. The molecule has 4 nitrogen and oxygen atoms in total. The summed E-state index contributed by atoms with van der Waals surface area (Å²) in [6.45, 7) is 2.20. The minimum absolute atomic E-state index is 0.105. The molecule has 0 radical (unpaired) electrons. The molecular formula is C11H20N2O2. The Kier molecular flexibility index (Phi) is 3.85. The molecule has 86 valence electrons. The van der Waals surface area contributed by atoms with E-state index in [1.165, 1.54) is 7.05 Å². The van der Waals surface area contributed by atoms with Gasteiger partial charge in [0, 0.05) is 7.05 Å². The number of carbonyl (C=O) groups excluding carboxylic acids is 2. The highest BCUT2D eigenvalue weighted by molar-refractivity contribution is 5.93. The fourth-order valence-corrected chi connectivity index (χ4v) is 2.21. The van der Waals surface area contributed by atoms with Crippen LogP contribution in [0.1, 0.15) is 32.6 Å². The van der Waals surface area contributed by atoms with Crippen molar-refractivity contribution in [1.82, 2.24) is 10.2 Å². The second-order valence-electron chi connectivity index (χ2n) is 4.54. The van der Waals surface area contributed by atoms with Crippen molar-refractivity contribution in [2.75, 3.05) is 14.1 Å². The van der Waals surface area contributed by atoms with E-state index in [1.54, 1.807) is 7.05 Å². The predicted molar refractivity (Wildman–Crippen MR) is 58.3 cm³/mol. The van der Waals surface area contributed by atoms with Crippen LogP contribution in [-0.4, -0.2) is 36.9 Å². The van der Waals surface area contributed by atoms with E-state index in [0.29, 0.717) is 12.3 Å². The Bertz CT molecular complexity index is 245. The number of nitrogens with zero attached hydrogens (tertiary/aromatic N) is 1. The standard InChI is InChI=1S/C11H20N2O2/c1-9-4-6-11(12-2,7-5-9)10(15)13(3)8-14/h8-9,12H,4-7H2,1-3H3. The monoisotopic (exact) mass is 212 g/mol. The lowest BCUT2D eigenvalue weighted by atomic mass is 9.76. The van der Waals surface area contributed by atoms with E-state index < -0.39 is 5.54 Å². The molecule has 0 saturated heterocycles. The number of hydrogen-bond acceptors (Lipinski definition) is 3. The van der Waals surface area contributed by atoms with Gasteiger partial charge in [0.25, 0.3) is 0 Å². The number of nitrogens with one attached hydrogen (secondary N) is 1. The third-order valence-electron chi connectivity index (χ3n) is 3.49. The molecule has 0 aliphatic heterocycles. The maximum absolute atomic E-state index is 12.0. The smallest absolute Gasteiger partial charge is 0.248 e. The van der Waals surface area contributed by atoms with Crippen LogP contribution in [0.4, 0.5) is 0 Å². The maximum Gasteiger partial charge on any atom is 0.248 e. The quantitative estimate of drug-likeness (QED) is 0.703. The highest BCUT2D eigenvalue weighted by Gasteiger charge is 2.41. The molecule has 1 aliphatic rings. The average Bonchev–Trinajstić information content (AvgIpc) is 2.28. The van der Waals surface area contributed by atoms with E-state index in [1.807, 2.05) is 0 Å². The van der Waals surface area contributed by atoms with Crippen molar-refractivity contribution >= 4 is 12.3 Å². The van der Waals surface area contributed by atoms with Crippen LogP contribution < -0.4 is 5.32 Å². The molecule has 1 N–H and O–H groups in total. The molecule has 1 fully saturated rings. The van der Waals surface area contributed by atoms with Gasteiger partial charge in [-0.15, -0.1) is 0 Å². The van der Waals surface area contributed by atoms with Crippen LogP contribution in [0.2, 0.25) is 0 Å². The molecule has 1 rings (SSSR count). The topological polar surface area (TPSA) is 49.4 Å². The largest absolute Gasteiger partial charge is 0.306 e. The fourth-order valence-electron chi connectivity index (χ4n) is 2.21. The van der Waals surface area contributed by atoms with Crippen LogP contribution in [0.3, 0.4) is 0 Å². The van der Waals surface area contributed by atoms with Gasteiger partial charge in [-0.25, -0.2) is 0 Å². The number of rotatable bonds is 3. The Labute approximate surface area is 91.0 Å². The Hall–Kier alpha value is -0.900. The second kappa shape index (κ2) is 4.75. The highest BCUT2D eigenvalue weighted by Crippen LogP contribution is 2.32. The van der Waals surface area contributed by atoms with Gasteiger partial charge in [0.15, 0.2) is 0 Å². The zero-order valence-corrected chi connectivity index (χ0v) is 9.75. The van der Waals surface area contributed by atoms with Crippen LogP contribution in [0.15, 0.2) is 0 Å². The average molecular weight is 212 g/mol. The van der Waals surface area contributed by atoms with Crippen LogP contribution in [0, 0.1) is 5.92 Å². The number of imide groups is 1. The van der Waals surface area contributed by atoms with E-state index in [0.717, 1.165) is 30.6 Å². The molecule has 0 aromatic heterocycles. The molecule has 0 heterocycles. The lowest BCUT2D eigenvalue weighted by Gasteiger charge is -2.39. The van der Waals surface area contributed by atoms with Crippen molar-refractivity contribution in [1.29, 1.82) is 0 Å². The first-order valence-corrected chi connectivity index (χ1v) is 5.47. The van der Waals surface area contributed by atoms with Gasteiger partial charge in [-0.2, -0.15) is 0 Å². The number of hydrogen-bond donors (Lipinski definition) is 1. The third kappa shape index (κ3) is 2.37. The van der Waals surface area contributed by atoms with Crippen molar-refractivity contribution < 1.29 is 9.59 Å². The molecule has 1 saturated carbocycles. The summed E-state index contributed by atoms with van der Waals surface area (Å²) in [6, 6.07) is 0. The molecular weight excluding hydrogens is 192 g/mol. The number of likely N-dealkylation sites (N-methyl/N-ethyl adjacent to an activating group) is 2. The molecule has 15 heavy (non-hydrogen) atoms. The van der Waals surface area contributed by atoms with Gasteiger partial charge in [0.1, 0.15) is 0 Å². The van der Waals surface area contributed by atoms with E-state index in [9.17, 15) is 9.59 Å². The van der Waals surface area contributed by atoms with E-state index >= 15 is 0 Å². The first kappa shape index (κ1) is 12.2. The van der Waals surface area contributed by atoms with Crippen LogP contribution in [0.5, 0.6) is 0 Å². The summed E-state index contributed by atoms with van der Waals surface area (Å²) in [5.41, 5.74) is -0.512. The van der Waals surface area contributed by atoms with Crippen molar-refractivity contribution in [3.05, 3.63) is 0 Å². The Morgan fingerprint density at radius 2 is 2.00 bits per heavy atom. The Balaban J connectivity index is 2.76. The van der Waals surface area contributed by atoms with E-state index in [4.69, 9.17) is 0 Å². The SMILES string of the molecule is CNC1(C(=O)N(C)C=O)CCC(C)CC1. The lowest BCUT2D eigenvalue weighted by Crippen LogP contribution is -2.57. The van der Waals surface area contributed by atoms with Crippen molar-refractivity contribution in [3.8, 4) is 0 Å². The van der Waals surface area contributed by atoms with E-state index in [-0.39, 0.29) is 5.91 Å². The van der Waals surface area contributed by atoms with Gasteiger partial charge < -0.3 is 5.32 Å². The van der Waals surface area contributed by atoms with Gasteiger partial charge in [-0.3, -0.25) is 14.5 Å². The second-order valence-corrected chi connectivity index (χ2v) is 4.54. The fraction of sp³-hybridized carbons (Fsp3) is 0.818. The summed E-state index contributed by atoms with van der Waals surface area (Å²) in [6.07, 6.45) is 4.31. The summed E-state index contributed by atoms with van der Waals surface area (Å²) in [5.74, 6) is 0.577. The first-order chi connectivity index (χ1) is 7.05. The summed E-state index contributed by atoms with van der Waals surface area (Å²) in [7, 11) is 3.32. The Morgan fingerprint density at radius 3 is 2.40 bits per heavy atom. The molecule has 4 heteroatoms. The Morgan fingerprint density at radius 1 is 1.47 bits per heavy atom. The van der Waals surface area contributed by atoms with Crippen LogP contribution >= 0.6 is 0 Å². The third-order valence-corrected chi connectivity index (χ3v) is 3.49. The molecule has 0 aromatic rings. The van der Waals surface area contributed by atoms with Gasteiger partial charge >= 0.3 is 0 Å². The lowest BCUT2D eigenvalue weighted by molar-refractivity contribution is -0.143. The number of carbonyl (C=O) groups is 2. The van der Waals surface area contributed by atoms with E-state index in [2.05, 4.69) is 12.2 Å². The minimum Gasteiger partial charge on any atom is -0.306 e. The predicted octanol–water partition coefficient (Wildman–Crippen LogP) is 0.769. The minimum atomic E-state index is -0.512. The van der Waals surface area contributed by atoms with Gasteiger partial charge in [-0.1, -0.05) is 6.92 Å². The van der Waals surface area contributed by atoms with Crippen LogP contribution in [0.25, 0.3) is 0 Å². The molecule has 0 atom stereocenters. The molecule has 0 spiro atoms. The molecule has 0 aromatic carbocycles. The number of amides is 2. The summed E-state index contributed by atoms with van der Waals surface area (Å²) in [4.78, 5) is 23.8.